The fraction of sp³-hybridized carbons (Fsp3) is 0.0833. The summed E-state index contributed by atoms with van der Waals surface area (Å²) in [5.41, 5.74) is 3.31. The third-order valence-electron chi connectivity index (χ3n) is 4.59. The summed E-state index contributed by atoms with van der Waals surface area (Å²) in [5, 5.41) is 7.08. The Hall–Kier alpha value is -2.68. The molecule has 0 aliphatic heterocycles. The first-order valence-corrected chi connectivity index (χ1v) is 9.82. The molecule has 0 aliphatic carbocycles. The maximum Gasteiger partial charge on any atom is 0.119 e. The van der Waals surface area contributed by atoms with Crippen LogP contribution in [0.25, 0.3) is 10.8 Å². The van der Waals surface area contributed by atoms with Gasteiger partial charge in [-0.05, 0) is 46.8 Å². The minimum atomic E-state index is 0.449. The highest BCUT2D eigenvalue weighted by atomic mass is 35.5. The summed E-state index contributed by atoms with van der Waals surface area (Å²) in [7, 11) is 0. The van der Waals surface area contributed by atoms with Gasteiger partial charge in [-0.15, -0.1) is 0 Å². The molecule has 0 saturated carbocycles. The molecule has 0 aromatic heterocycles. The van der Waals surface area contributed by atoms with Crippen molar-refractivity contribution in [2.45, 2.75) is 13.2 Å². The van der Waals surface area contributed by atoms with Crippen LogP contribution in [0.2, 0.25) is 10.0 Å². The molecule has 0 spiro atoms. The molecule has 0 unspecified atom stereocenters. The van der Waals surface area contributed by atoms with Gasteiger partial charge >= 0.3 is 0 Å². The van der Waals surface area contributed by atoms with Crippen molar-refractivity contribution in [3.05, 3.63) is 106 Å². The quantitative estimate of drug-likeness (QED) is 0.360. The summed E-state index contributed by atoms with van der Waals surface area (Å²) in [6.07, 6.45) is 0. The maximum absolute atomic E-state index is 6.04. The molecule has 4 aromatic rings. The summed E-state index contributed by atoms with van der Waals surface area (Å²) in [6.45, 7) is 1.20. The van der Waals surface area contributed by atoms with Crippen LogP contribution < -0.4 is 10.1 Å². The lowest BCUT2D eigenvalue weighted by Crippen LogP contribution is -2.00. The lowest BCUT2D eigenvalue weighted by molar-refractivity contribution is 0.306. The highest BCUT2D eigenvalue weighted by molar-refractivity contribution is 6.42. The van der Waals surface area contributed by atoms with Crippen molar-refractivity contribution in [2.75, 3.05) is 5.32 Å². The van der Waals surface area contributed by atoms with Crippen LogP contribution in [0, 0.1) is 0 Å². The third kappa shape index (κ3) is 4.41. The fourth-order valence-corrected chi connectivity index (χ4v) is 3.40. The van der Waals surface area contributed by atoms with Crippen molar-refractivity contribution >= 4 is 39.7 Å². The Morgan fingerprint density at radius 1 is 0.714 bits per heavy atom. The highest BCUT2D eigenvalue weighted by Gasteiger charge is 2.03. The van der Waals surface area contributed by atoms with Crippen molar-refractivity contribution in [2.24, 2.45) is 0 Å². The molecule has 0 aliphatic rings. The second-order valence-corrected chi connectivity index (χ2v) is 7.38. The van der Waals surface area contributed by atoms with E-state index in [2.05, 4.69) is 59.9 Å². The average Bonchev–Trinajstić information content (AvgIpc) is 2.74. The molecule has 0 atom stereocenters. The Bertz CT molecular complexity index is 1090. The van der Waals surface area contributed by atoms with Crippen LogP contribution in [0.1, 0.15) is 11.1 Å². The molecule has 0 radical (unpaired) electrons. The van der Waals surface area contributed by atoms with Gasteiger partial charge in [0.05, 0.1) is 10.0 Å². The molecule has 0 amide bonds. The van der Waals surface area contributed by atoms with Gasteiger partial charge in [0.15, 0.2) is 0 Å². The van der Waals surface area contributed by atoms with Crippen molar-refractivity contribution in [1.82, 2.24) is 0 Å². The zero-order valence-electron chi connectivity index (χ0n) is 15.2. The van der Waals surface area contributed by atoms with Crippen molar-refractivity contribution in [3.63, 3.8) is 0 Å². The van der Waals surface area contributed by atoms with E-state index in [1.165, 1.54) is 16.3 Å². The van der Waals surface area contributed by atoms with Crippen LogP contribution >= 0.6 is 23.2 Å². The second kappa shape index (κ2) is 8.55. The predicted molar refractivity (Wildman–Crippen MR) is 119 cm³/mol. The lowest BCUT2D eigenvalue weighted by atomic mass is 10.1. The van der Waals surface area contributed by atoms with E-state index >= 15 is 0 Å². The van der Waals surface area contributed by atoms with E-state index in [0.717, 1.165) is 23.5 Å². The van der Waals surface area contributed by atoms with Gasteiger partial charge in [0, 0.05) is 17.6 Å². The van der Waals surface area contributed by atoms with Gasteiger partial charge in [-0.25, -0.2) is 0 Å². The largest absolute Gasteiger partial charge is 0.489 e. The number of nitrogens with one attached hydrogen (secondary N) is 1. The summed E-state index contributed by atoms with van der Waals surface area (Å²) in [5.74, 6) is 0.819. The number of halogens is 2. The molecule has 140 valence electrons. The molecule has 2 nitrogen and oxygen atoms in total. The molecule has 0 fully saturated rings. The standard InChI is InChI=1S/C24H19Cl2NO/c25-22-13-10-18(14-23(22)26)16-28-20-11-8-17(9-12-20)15-27-24-7-3-5-19-4-1-2-6-21(19)24/h1-14,27H,15-16H2. The zero-order chi connectivity index (χ0) is 19.3. The van der Waals surface area contributed by atoms with E-state index < -0.39 is 0 Å². The van der Waals surface area contributed by atoms with E-state index in [1.54, 1.807) is 6.07 Å². The van der Waals surface area contributed by atoms with Gasteiger partial charge in [-0.1, -0.05) is 77.8 Å². The Morgan fingerprint density at radius 2 is 1.46 bits per heavy atom. The molecule has 4 rings (SSSR count). The second-order valence-electron chi connectivity index (χ2n) is 6.56. The maximum atomic E-state index is 6.04. The Balaban J connectivity index is 1.37. The molecular formula is C24H19Cl2NO. The Labute approximate surface area is 174 Å². The molecule has 0 saturated heterocycles. The van der Waals surface area contributed by atoms with E-state index in [1.807, 2.05) is 24.3 Å². The number of hydrogen-bond donors (Lipinski definition) is 1. The molecular weight excluding hydrogens is 389 g/mol. The van der Waals surface area contributed by atoms with E-state index in [9.17, 15) is 0 Å². The number of benzene rings is 4. The first-order chi connectivity index (χ1) is 13.7. The van der Waals surface area contributed by atoms with Crippen molar-refractivity contribution in [1.29, 1.82) is 0 Å². The van der Waals surface area contributed by atoms with Crippen LogP contribution in [0.15, 0.2) is 84.9 Å². The number of hydrogen-bond acceptors (Lipinski definition) is 2. The molecule has 1 N–H and O–H groups in total. The third-order valence-corrected chi connectivity index (χ3v) is 5.32. The first-order valence-electron chi connectivity index (χ1n) is 9.06. The van der Waals surface area contributed by atoms with Crippen LogP contribution in [0.5, 0.6) is 5.75 Å². The topological polar surface area (TPSA) is 21.3 Å². The predicted octanol–water partition coefficient (Wildman–Crippen LogP) is 7.34. The van der Waals surface area contributed by atoms with Gasteiger partial charge in [0.2, 0.25) is 0 Å². The normalized spacial score (nSPS) is 10.8. The minimum Gasteiger partial charge on any atom is -0.489 e. The fourth-order valence-electron chi connectivity index (χ4n) is 3.08. The van der Waals surface area contributed by atoms with Gasteiger partial charge < -0.3 is 10.1 Å². The average molecular weight is 408 g/mol. The van der Waals surface area contributed by atoms with Crippen LogP contribution in [0.3, 0.4) is 0 Å². The van der Waals surface area contributed by atoms with Gasteiger partial charge in [0.25, 0.3) is 0 Å². The number of anilines is 1. The summed E-state index contributed by atoms with van der Waals surface area (Å²) in [6, 6.07) is 28.3. The first kappa shape index (κ1) is 18.7. The van der Waals surface area contributed by atoms with Crippen LogP contribution in [-0.4, -0.2) is 0 Å². The summed E-state index contributed by atoms with van der Waals surface area (Å²) >= 11 is 12.0. The van der Waals surface area contributed by atoms with Gasteiger partial charge in [-0.3, -0.25) is 0 Å². The van der Waals surface area contributed by atoms with Crippen molar-refractivity contribution < 1.29 is 4.74 Å². The smallest absolute Gasteiger partial charge is 0.119 e. The summed E-state index contributed by atoms with van der Waals surface area (Å²) < 4.78 is 5.84. The van der Waals surface area contributed by atoms with Crippen LogP contribution in [-0.2, 0) is 13.2 Å². The number of rotatable bonds is 6. The van der Waals surface area contributed by atoms with Gasteiger partial charge in [-0.2, -0.15) is 0 Å². The van der Waals surface area contributed by atoms with E-state index in [0.29, 0.717) is 16.7 Å². The summed E-state index contributed by atoms with van der Waals surface area (Å²) in [4.78, 5) is 0. The molecule has 0 bridgehead atoms. The lowest BCUT2D eigenvalue weighted by Gasteiger charge is -2.11. The molecule has 4 aromatic carbocycles. The van der Waals surface area contributed by atoms with Crippen LogP contribution in [0.4, 0.5) is 5.69 Å². The Kier molecular flexibility index (Phi) is 5.70. The number of fused-ring (bicyclic) bond motifs is 1. The molecule has 28 heavy (non-hydrogen) atoms. The van der Waals surface area contributed by atoms with E-state index in [4.69, 9.17) is 27.9 Å². The van der Waals surface area contributed by atoms with E-state index in [-0.39, 0.29) is 0 Å². The number of ether oxygens (including phenoxy) is 1. The molecule has 4 heteroatoms. The minimum absolute atomic E-state index is 0.449. The van der Waals surface area contributed by atoms with Gasteiger partial charge in [0.1, 0.15) is 12.4 Å². The van der Waals surface area contributed by atoms with Crippen molar-refractivity contribution in [3.8, 4) is 5.75 Å². The monoisotopic (exact) mass is 407 g/mol. The highest BCUT2D eigenvalue weighted by Crippen LogP contribution is 2.25. The zero-order valence-corrected chi connectivity index (χ0v) is 16.7. The molecule has 0 heterocycles. The Morgan fingerprint density at radius 3 is 2.29 bits per heavy atom. The SMILES string of the molecule is Clc1ccc(COc2ccc(CNc3cccc4ccccc34)cc2)cc1Cl.